The summed E-state index contributed by atoms with van der Waals surface area (Å²) in [7, 11) is 0. The lowest BCUT2D eigenvalue weighted by atomic mass is 9.67. The van der Waals surface area contributed by atoms with Crippen molar-refractivity contribution in [1.82, 2.24) is 0 Å². The first kappa shape index (κ1) is 24.8. The van der Waals surface area contributed by atoms with Crippen molar-refractivity contribution in [3.63, 3.8) is 0 Å². The monoisotopic (exact) mass is 390 g/mol. The van der Waals surface area contributed by atoms with Gasteiger partial charge in [-0.1, -0.05) is 97.8 Å². The van der Waals surface area contributed by atoms with Crippen molar-refractivity contribution >= 4 is 0 Å². The van der Waals surface area contributed by atoms with E-state index in [0.29, 0.717) is 19.3 Å². The molecule has 0 aromatic rings. The summed E-state index contributed by atoms with van der Waals surface area (Å²) in [4.78, 5) is 0. The maximum absolute atomic E-state index is 15.2. The van der Waals surface area contributed by atoms with E-state index in [4.69, 9.17) is 0 Å². The lowest BCUT2D eigenvalue weighted by molar-refractivity contribution is -0.0759. The van der Waals surface area contributed by atoms with Crippen LogP contribution >= 0.6 is 0 Å². The summed E-state index contributed by atoms with van der Waals surface area (Å²) in [6.45, 7) is 6.43. The third kappa shape index (κ3) is 8.36. The molecular formula is C24H45F3. The molecule has 162 valence electrons. The van der Waals surface area contributed by atoms with Gasteiger partial charge in [-0.15, -0.1) is 0 Å². The quantitative estimate of drug-likeness (QED) is 0.245. The van der Waals surface area contributed by atoms with Gasteiger partial charge in [0.2, 0.25) is 0 Å². The Hall–Kier alpha value is -0.210. The van der Waals surface area contributed by atoms with Gasteiger partial charge in [0.1, 0.15) is 18.5 Å². The SMILES string of the molecule is CCCCCCC1C(F)C(CCCCCC)C(F)C(CCCCCC)C1F. The molecule has 3 heteroatoms. The Bertz CT molecular complexity index is 282. The van der Waals surface area contributed by atoms with Crippen LogP contribution in [0.5, 0.6) is 0 Å². The van der Waals surface area contributed by atoms with Crippen LogP contribution < -0.4 is 0 Å². The molecule has 1 saturated carbocycles. The molecule has 0 unspecified atom stereocenters. The van der Waals surface area contributed by atoms with Crippen molar-refractivity contribution in [3.05, 3.63) is 0 Å². The maximum atomic E-state index is 15.2. The van der Waals surface area contributed by atoms with Gasteiger partial charge in [-0.05, 0) is 19.3 Å². The van der Waals surface area contributed by atoms with Crippen LogP contribution in [0, 0.1) is 17.8 Å². The fourth-order valence-electron chi connectivity index (χ4n) is 4.86. The third-order valence-corrected chi connectivity index (χ3v) is 6.63. The molecule has 0 aliphatic heterocycles. The van der Waals surface area contributed by atoms with Crippen LogP contribution in [0.2, 0.25) is 0 Å². The zero-order valence-electron chi connectivity index (χ0n) is 18.2. The van der Waals surface area contributed by atoms with Gasteiger partial charge in [0, 0.05) is 17.8 Å². The van der Waals surface area contributed by atoms with Crippen molar-refractivity contribution in [1.29, 1.82) is 0 Å². The molecule has 0 saturated heterocycles. The summed E-state index contributed by atoms with van der Waals surface area (Å²) >= 11 is 0. The van der Waals surface area contributed by atoms with E-state index in [9.17, 15) is 0 Å². The molecule has 0 nitrogen and oxygen atoms in total. The van der Waals surface area contributed by atoms with E-state index >= 15 is 13.2 Å². The molecule has 0 N–H and O–H groups in total. The van der Waals surface area contributed by atoms with Gasteiger partial charge in [-0.25, -0.2) is 13.2 Å². The molecule has 0 radical (unpaired) electrons. The van der Waals surface area contributed by atoms with E-state index in [1.807, 2.05) is 0 Å². The number of hydrogen-bond donors (Lipinski definition) is 0. The molecule has 1 aliphatic rings. The molecule has 0 atom stereocenters. The van der Waals surface area contributed by atoms with Crippen LogP contribution in [0.25, 0.3) is 0 Å². The highest BCUT2D eigenvalue weighted by molar-refractivity contribution is 4.98. The average Bonchev–Trinajstić information content (AvgIpc) is 2.66. The Morgan fingerprint density at radius 1 is 0.407 bits per heavy atom. The minimum Gasteiger partial charge on any atom is -0.247 e. The van der Waals surface area contributed by atoms with Gasteiger partial charge in [0.25, 0.3) is 0 Å². The highest BCUT2D eigenvalue weighted by Gasteiger charge is 2.50. The Labute approximate surface area is 167 Å². The zero-order chi connectivity index (χ0) is 20.1. The first-order valence-electron chi connectivity index (χ1n) is 12.0. The van der Waals surface area contributed by atoms with Crippen LogP contribution in [-0.2, 0) is 0 Å². The second-order valence-corrected chi connectivity index (χ2v) is 8.87. The summed E-state index contributed by atoms with van der Waals surface area (Å²) in [6.07, 6.45) is 10.3. The Balaban J connectivity index is 2.71. The minimum atomic E-state index is -1.30. The molecule has 0 spiro atoms. The van der Waals surface area contributed by atoms with Crippen molar-refractivity contribution in [2.45, 2.75) is 136 Å². The topological polar surface area (TPSA) is 0 Å². The molecule has 0 aromatic heterocycles. The number of alkyl halides is 3. The molecule has 0 bridgehead atoms. The van der Waals surface area contributed by atoms with E-state index in [2.05, 4.69) is 20.8 Å². The van der Waals surface area contributed by atoms with Gasteiger partial charge in [0.15, 0.2) is 0 Å². The lowest BCUT2D eigenvalue weighted by Gasteiger charge is -2.43. The first-order chi connectivity index (χ1) is 13.1. The fourth-order valence-corrected chi connectivity index (χ4v) is 4.86. The molecule has 0 heterocycles. The average molecular weight is 391 g/mol. The highest BCUT2D eigenvalue weighted by Crippen LogP contribution is 2.45. The van der Waals surface area contributed by atoms with Crippen molar-refractivity contribution in [2.24, 2.45) is 17.8 Å². The van der Waals surface area contributed by atoms with Crippen LogP contribution in [0.15, 0.2) is 0 Å². The van der Waals surface area contributed by atoms with Crippen LogP contribution in [0.1, 0.15) is 117 Å². The molecule has 27 heavy (non-hydrogen) atoms. The van der Waals surface area contributed by atoms with E-state index in [0.717, 1.165) is 77.0 Å². The van der Waals surface area contributed by atoms with Crippen LogP contribution in [0.3, 0.4) is 0 Å². The number of hydrogen-bond acceptors (Lipinski definition) is 0. The third-order valence-electron chi connectivity index (χ3n) is 6.63. The smallest absolute Gasteiger partial charge is 0.111 e. The summed E-state index contributed by atoms with van der Waals surface area (Å²) in [5.74, 6) is -1.75. The zero-order valence-corrected chi connectivity index (χ0v) is 18.2. The summed E-state index contributed by atoms with van der Waals surface area (Å²) in [5, 5.41) is 0. The fraction of sp³-hybridized carbons (Fsp3) is 1.00. The van der Waals surface area contributed by atoms with Crippen LogP contribution in [-0.4, -0.2) is 18.5 Å². The summed E-state index contributed by atoms with van der Waals surface area (Å²) in [6, 6.07) is 0. The van der Waals surface area contributed by atoms with Crippen molar-refractivity contribution in [3.8, 4) is 0 Å². The van der Waals surface area contributed by atoms with Crippen LogP contribution in [0.4, 0.5) is 13.2 Å². The summed E-state index contributed by atoms with van der Waals surface area (Å²) in [5.41, 5.74) is 0. The molecule has 1 rings (SSSR count). The van der Waals surface area contributed by atoms with Gasteiger partial charge in [-0.2, -0.15) is 0 Å². The van der Waals surface area contributed by atoms with Crippen molar-refractivity contribution < 1.29 is 13.2 Å². The molecule has 0 amide bonds. The number of rotatable bonds is 15. The predicted octanol–water partition coefficient (Wildman–Crippen LogP) is 8.77. The van der Waals surface area contributed by atoms with E-state index in [1.54, 1.807) is 0 Å². The molecular weight excluding hydrogens is 345 g/mol. The molecule has 0 aromatic carbocycles. The summed E-state index contributed by atoms with van der Waals surface area (Å²) < 4.78 is 45.5. The lowest BCUT2D eigenvalue weighted by Crippen LogP contribution is -2.50. The Morgan fingerprint density at radius 3 is 0.889 bits per heavy atom. The van der Waals surface area contributed by atoms with E-state index in [1.165, 1.54) is 0 Å². The van der Waals surface area contributed by atoms with Gasteiger partial charge < -0.3 is 0 Å². The first-order valence-corrected chi connectivity index (χ1v) is 12.0. The predicted molar refractivity (Wildman–Crippen MR) is 111 cm³/mol. The van der Waals surface area contributed by atoms with Gasteiger partial charge in [-0.3, -0.25) is 0 Å². The number of unbranched alkanes of at least 4 members (excludes halogenated alkanes) is 9. The maximum Gasteiger partial charge on any atom is 0.111 e. The molecule has 1 aliphatic carbocycles. The normalized spacial score (nSPS) is 31.3. The second-order valence-electron chi connectivity index (χ2n) is 8.87. The standard InChI is InChI=1S/C24H45F3/c1-4-7-10-13-16-19-22(25)20(17-14-11-8-5-2)24(27)21(23(19)26)18-15-12-9-6-3/h19-24H,4-18H2,1-3H3. The number of halogens is 3. The minimum absolute atomic E-state index is 0.582. The second kappa shape index (κ2) is 14.7. The Morgan fingerprint density at radius 2 is 0.667 bits per heavy atom. The highest BCUT2D eigenvalue weighted by atomic mass is 19.2. The van der Waals surface area contributed by atoms with E-state index < -0.39 is 36.3 Å². The van der Waals surface area contributed by atoms with Crippen molar-refractivity contribution in [2.75, 3.05) is 0 Å². The van der Waals surface area contributed by atoms with Gasteiger partial charge in [0.05, 0.1) is 0 Å². The largest absolute Gasteiger partial charge is 0.247 e. The Kier molecular flexibility index (Phi) is 13.6. The van der Waals surface area contributed by atoms with Gasteiger partial charge >= 0.3 is 0 Å². The van der Waals surface area contributed by atoms with E-state index in [-0.39, 0.29) is 0 Å². The molecule has 1 fully saturated rings.